The minimum atomic E-state index is -1.00. The van der Waals surface area contributed by atoms with E-state index in [1.165, 1.54) is 11.3 Å². The fourth-order valence-electron chi connectivity index (χ4n) is 2.11. The van der Waals surface area contributed by atoms with Gasteiger partial charge in [0.05, 0.1) is 6.10 Å². The summed E-state index contributed by atoms with van der Waals surface area (Å²) in [5, 5.41) is 11.5. The molecule has 0 aromatic carbocycles. The van der Waals surface area contributed by atoms with Gasteiger partial charge in [0.25, 0.3) is 0 Å². The van der Waals surface area contributed by atoms with Gasteiger partial charge in [0, 0.05) is 19.2 Å². The zero-order chi connectivity index (χ0) is 14.3. The number of carboxylic acid groups (broad SMARTS) is 1. The lowest BCUT2D eigenvalue weighted by Crippen LogP contribution is -2.47. The lowest BCUT2D eigenvalue weighted by atomic mass is 10.1. The van der Waals surface area contributed by atoms with Crippen molar-refractivity contribution in [3.8, 4) is 0 Å². The number of carbonyl (C=O) groups excluding carboxylic acids is 1. The molecule has 0 saturated carbocycles. The second-order valence-electron chi connectivity index (χ2n) is 5.12. The molecule has 1 aliphatic heterocycles. The molecule has 0 radical (unpaired) electrons. The highest BCUT2D eigenvalue weighted by Crippen LogP contribution is 2.14. The summed E-state index contributed by atoms with van der Waals surface area (Å²) < 4.78 is 5.57. The van der Waals surface area contributed by atoms with Crippen LogP contribution in [0.1, 0.15) is 39.5 Å². The zero-order valence-electron chi connectivity index (χ0n) is 11.7. The number of nitrogens with one attached hydrogen (secondary N) is 1. The molecule has 19 heavy (non-hydrogen) atoms. The number of amides is 2. The van der Waals surface area contributed by atoms with Crippen molar-refractivity contribution in [1.82, 2.24) is 10.2 Å². The van der Waals surface area contributed by atoms with E-state index >= 15 is 0 Å². The van der Waals surface area contributed by atoms with Crippen LogP contribution in [0.3, 0.4) is 0 Å². The van der Waals surface area contributed by atoms with Crippen LogP contribution in [-0.2, 0) is 9.53 Å². The Labute approximate surface area is 114 Å². The van der Waals surface area contributed by atoms with Crippen molar-refractivity contribution in [2.24, 2.45) is 0 Å². The van der Waals surface area contributed by atoms with E-state index in [0.29, 0.717) is 6.54 Å². The van der Waals surface area contributed by atoms with E-state index in [1.807, 2.05) is 0 Å². The molecule has 0 aromatic rings. The number of aliphatic carboxylic acids is 1. The van der Waals surface area contributed by atoms with Crippen LogP contribution in [0.4, 0.5) is 4.79 Å². The number of ether oxygens (including phenoxy) is 1. The standard InChI is InChI=1S/C13H24N2O4/c1-10(2)15(9-12(16)17)13(18)14-7-6-11-5-3-4-8-19-11/h10-11H,3-9H2,1-2H3,(H,14,18)(H,16,17). The van der Waals surface area contributed by atoms with Gasteiger partial charge in [-0.25, -0.2) is 4.79 Å². The fraction of sp³-hybridized carbons (Fsp3) is 0.846. The van der Waals surface area contributed by atoms with Crippen molar-refractivity contribution in [3.05, 3.63) is 0 Å². The van der Waals surface area contributed by atoms with E-state index in [4.69, 9.17) is 9.84 Å². The Morgan fingerprint density at radius 1 is 1.42 bits per heavy atom. The van der Waals surface area contributed by atoms with Crippen LogP contribution in [0.25, 0.3) is 0 Å². The molecule has 1 fully saturated rings. The van der Waals surface area contributed by atoms with E-state index in [1.54, 1.807) is 13.8 Å². The van der Waals surface area contributed by atoms with Gasteiger partial charge >= 0.3 is 12.0 Å². The van der Waals surface area contributed by atoms with Crippen molar-refractivity contribution in [2.75, 3.05) is 19.7 Å². The van der Waals surface area contributed by atoms with Crippen molar-refractivity contribution < 1.29 is 19.4 Å². The van der Waals surface area contributed by atoms with Gasteiger partial charge in [0.1, 0.15) is 6.54 Å². The van der Waals surface area contributed by atoms with Gasteiger partial charge in [-0.1, -0.05) is 0 Å². The summed E-state index contributed by atoms with van der Waals surface area (Å²) in [5.74, 6) is -1.00. The molecule has 1 heterocycles. The third kappa shape index (κ3) is 5.92. The van der Waals surface area contributed by atoms with Crippen LogP contribution < -0.4 is 5.32 Å². The number of carboxylic acids is 1. The highest BCUT2D eigenvalue weighted by molar-refractivity contribution is 5.80. The summed E-state index contributed by atoms with van der Waals surface area (Å²) in [5.41, 5.74) is 0. The number of nitrogens with zero attached hydrogens (tertiary/aromatic N) is 1. The predicted molar refractivity (Wildman–Crippen MR) is 71.1 cm³/mol. The smallest absolute Gasteiger partial charge is 0.323 e. The number of hydrogen-bond donors (Lipinski definition) is 2. The number of hydrogen-bond acceptors (Lipinski definition) is 3. The highest BCUT2D eigenvalue weighted by Gasteiger charge is 2.20. The average molecular weight is 272 g/mol. The molecule has 1 atom stereocenters. The van der Waals surface area contributed by atoms with Crippen molar-refractivity contribution in [1.29, 1.82) is 0 Å². The molecule has 2 N–H and O–H groups in total. The molecule has 6 nitrogen and oxygen atoms in total. The Hall–Kier alpha value is -1.30. The number of rotatable bonds is 6. The Bertz CT molecular complexity index is 301. The summed E-state index contributed by atoms with van der Waals surface area (Å²) in [6, 6.07) is -0.463. The molecule has 1 aliphatic rings. The van der Waals surface area contributed by atoms with Gasteiger partial charge in [0.15, 0.2) is 0 Å². The maximum Gasteiger partial charge on any atom is 0.323 e. The van der Waals surface area contributed by atoms with Gasteiger partial charge in [-0.15, -0.1) is 0 Å². The molecule has 0 aliphatic carbocycles. The topological polar surface area (TPSA) is 78.9 Å². The molecule has 6 heteroatoms. The summed E-state index contributed by atoms with van der Waals surface area (Å²) in [7, 11) is 0. The lowest BCUT2D eigenvalue weighted by molar-refractivity contribution is -0.138. The van der Waals surface area contributed by atoms with E-state index in [2.05, 4.69) is 5.32 Å². The first-order valence-electron chi connectivity index (χ1n) is 6.88. The maximum atomic E-state index is 11.9. The van der Waals surface area contributed by atoms with Crippen LogP contribution in [-0.4, -0.2) is 53.8 Å². The van der Waals surface area contributed by atoms with Crippen LogP contribution >= 0.6 is 0 Å². The summed E-state index contributed by atoms with van der Waals surface area (Å²) in [6.45, 7) is 4.64. The Morgan fingerprint density at radius 3 is 2.68 bits per heavy atom. The van der Waals surface area contributed by atoms with Crippen molar-refractivity contribution >= 4 is 12.0 Å². The summed E-state index contributed by atoms with van der Waals surface area (Å²) in [6.07, 6.45) is 4.34. The molecule has 110 valence electrons. The molecule has 1 saturated heterocycles. The van der Waals surface area contributed by atoms with Gasteiger partial charge in [-0.05, 0) is 39.5 Å². The molecule has 0 aromatic heterocycles. The van der Waals surface area contributed by atoms with E-state index in [-0.39, 0.29) is 24.7 Å². The van der Waals surface area contributed by atoms with E-state index < -0.39 is 5.97 Å². The molecule has 2 amide bonds. The number of carbonyl (C=O) groups is 2. The Kier molecular flexibility index (Phi) is 6.62. The van der Waals surface area contributed by atoms with Crippen molar-refractivity contribution in [3.63, 3.8) is 0 Å². The molecule has 1 rings (SSSR count). The second kappa shape index (κ2) is 7.99. The first kappa shape index (κ1) is 15.8. The highest BCUT2D eigenvalue weighted by atomic mass is 16.5. The van der Waals surface area contributed by atoms with Crippen molar-refractivity contribution in [2.45, 2.75) is 51.7 Å². The molecular weight excluding hydrogens is 248 g/mol. The maximum absolute atomic E-state index is 11.9. The first-order chi connectivity index (χ1) is 9.00. The SMILES string of the molecule is CC(C)N(CC(=O)O)C(=O)NCCC1CCCCO1. The summed E-state index contributed by atoms with van der Waals surface area (Å²) in [4.78, 5) is 23.9. The molecular formula is C13H24N2O4. The quantitative estimate of drug-likeness (QED) is 0.767. The van der Waals surface area contributed by atoms with Gasteiger partial charge in [-0.3, -0.25) is 4.79 Å². The predicted octanol–water partition coefficient (Wildman–Crippen LogP) is 1.45. The minimum Gasteiger partial charge on any atom is -0.480 e. The monoisotopic (exact) mass is 272 g/mol. The van der Waals surface area contributed by atoms with Gasteiger partial charge < -0.3 is 20.1 Å². The number of urea groups is 1. The normalized spacial score (nSPS) is 19.2. The van der Waals surface area contributed by atoms with Crippen LogP contribution in [0.15, 0.2) is 0 Å². The first-order valence-corrected chi connectivity index (χ1v) is 6.88. The molecule has 1 unspecified atom stereocenters. The third-order valence-corrected chi connectivity index (χ3v) is 3.21. The zero-order valence-corrected chi connectivity index (χ0v) is 11.7. The lowest BCUT2D eigenvalue weighted by Gasteiger charge is -2.26. The third-order valence-electron chi connectivity index (χ3n) is 3.21. The largest absolute Gasteiger partial charge is 0.480 e. The Morgan fingerprint density at radius 2 is 2.16 bits per heavy atom. The van der Waals surface area contributed by atoms with Gasteiger partial charge in [0.2, 0.25) is 0 Å². The molecule has 0 spiro atoms. The second-order valence-corrected chi connectivity index (χ2v) is 5.12. The van der Waals surface area contributed by atoms with Crippen LogP contribution in [0.2, 0.25) is 0 Å². The fourth-order valence-corrected chi connectivity index (χ4v) is 2.11. The summed E-state index contributed by atoms with van der Waals surface area (Å²) >= 11 is 0. The van der Waals surface area contributed by atoms with E-state index in [0.717, 1.165) is 25.9 Å². The van der Waals surface area contributed by atoms with E-state index in [9.17, 15) is 9.59 Å². The Balaban J connectivity index is 2.29. The van der Waals surface area contributed by atoms with Crippen LogP contribution in [0, 0.1) is 0 Å². The average Bonchev–Trinajstić information content (AvgIpc) is 2.36. The van der Waals surface area contributed by atoms with Crippen LogP contribution in [0.5, 0.6) is 0 Å². The van der Waals surface area contributed by atoms with Gasteiger partial charge in [-0.2, -0.15) is 0 Å². The minimum absolute atomic E-state index is 0.137. The molecule has 0 bridgehead atoms.